The maximum Gasteiger partial charge on any atom is 0.573 e. The number of benzene rings is 2. The van der Waals surface area contributed by atoms with Crippen LogP contribution >= 0.6 is 0 Å². The molecule has 0 saturated carbocycles. The minimum atomic E-state index is -4.75. The Balaban J connectivity index is 1.81. The normalized spacial score (nSPS) is 14.3. The third kappa shape index (κ3) is 4.17. The van der Waals surface area contributed by atoms with Crippen LogP contribution in [-0.4, -0.2) is 29.2 Å². The average Bonchev–Trinajstić information content (AvgIpc) is 2.97. The van der Waals surface area contributed by atoms with E-state index in [1.54, 1.807) is 13.1 Å². The van der Waals surface area contributed by atoms with Crippen molar-refractivity contribution in [1.29, 1.82) is 0 Å². The predicted molar refractivity (Wildman–Crippen MR) is 92.9 cm³/mol. The van der Waals surface area contributed by atoms with E-state index >= 15 is 0 Å². The van der Waals surface area contributed by atoms with Crippen molar-refractivity contribution in [2.45, 2.75) is 25.1 Å². The first-order chi connectivity index (χ1) is 12.4. The highest BCUT2D eigenvalue weighted by Crippen LogP contribution is 2.27. The summed E-state index contributed by atoms with van der Waals surface area (Å²) in [6, 6.07) is 14.8. The van der Waals surface area contributed by atoms with Crippen molar-refractivity contribution in [2.75, 3.05) is 7.05 Å². The molecule has 2 unspecified atom stereocenters. The van der Waals surface area contributed by atoms with Gasteiger partial charge in [-0.3, -0.25) is 0 Å². The molecule has 3 aromatic rings. The van der Waals surface area contributed by atoms with Crippen molar-refractivity contribution in [2.24, 2.45) is 0 Å². The van der Waals surface area contributed by atoms with Crippen LogP contribution < -0.4 is 10.1 Å². The van der Waals surface area contributed by atoms with E-state index in [0.29, 0.717) is 12.1 Å². The van der Waals surface area contributed by atoms with Crippen molar-refractivity contribution in [3.8, 4) is 5.75 Å². The molecule has 1 aromatic heterocycles. The van der Waals surface area contributed by atoms with Crippen LogP contribution in [0.15, 0.2) is 60.8 Å². The van der Waals surface area contributed by atoms with Gasteiger partial charge in [0.05, 0.1) is 18.7 Å². The van der Waals surface area contributed by atoms with Crippen LogP contribution in [0.1, 0.15) is 11.6 Å². The van der Waals surface area contributed by atoms with Crippen molar-refractivity contribution < 1.29 is 23.0 Å². The summed E-state index contributed by atoms with van der Waals surface area (Å²) in [6.07, 6.45) is -3.72. The van der Waals surface area contributed by atoms with Crippen molar-refractivity contribution in [1.82, 2.24) is 9.88 Å². The van der Waals surface area contributed by atoms with Crippen LogP contribution in [0.3, 0.4) is 0 Å². The number of rotatable bonds is 6. The Morgan fingerprint density at radius 2 is 1.88 bits per heavy atom. The monoisotopic (exact) mass is 364 g/mol. The summed E-state index contributed by atoms with van der Waals surface area (Å²) in [5.74, 6) is -0.311. The molecule has 0 fully saturated rings. The van der Waals surface area contributed by atoms with Crippen molar-refractivity contribution in [3.05, 3.63) is 66.4 Å². The van der Waals surface area contributed by atoms with Crippen LogP contribution in [0.4, 0.5) is 13.2 Å². The molecule has 138 valence electrons. The second-order valence-corrected chi connectivity index (χ2v) is 5.98. The number of para-hydroxylation sites is 1. The fourth-order valence-corrected chi connectivity index (χ4v) is 3.09. The molecule has 0 bridgehead atoms. The molecule has 0 aliphatic heterocycles. The molecule has 0 saturated heterocycles. The molecule has 1 heterocycles. The smallest absolute Gasteiger partial charge is 0.406 e. The number of nitrogens with zero attached hydrogens (tertiary/aromatic N) is 1. The zero-order chi connectivity index (χ0) is 18.7. The summed E-state index contributed by atoms with van der Waals surface area (Å²) < 4.78 is 43.2. The molecule has 2 aromatic carbocycles. The number of fused-ring (bicyclic) bond motifs is 1. The number of halogens is 3. The minimum absolute atomic E-state index is 0.295. The Hall–Kier alpha value is -2.51. The number of aliphatic hydroxyl groups is 1. The molecule has 0 amide bonds. The lowest BCUT2D eigenvalue weighted by molar-refractivity contribution is -0.274. The van der Waals surface area contributed by atoms with E-state index in [1.807, 2.05) is 41.1 Å². The fraction of sp³-hybridized carbons (Fsp3) is 0.263. The van der Waals surface area contributed by atoms with Gasteiger partial charge >= 0.3 is 6.36 Å². The zero-order valence-electron chi connectivity index (χ0n) is 14.1. The Morgan fingerprint density at radius 3 is 2.62 bits per heavy atom. The number of alkyl halides is 3. The summed E-state index contributed by atoms with van der Waals surface area (Å²) in [5, 5.41) is 14.7. The first-order valence-electron chi connectivity index (χ1n) is 8.12. The molecule has 3 rings (SSSR count). The molecule has 4 nitrogen and oxygen atoms in total. The largest absolute Gasteiger partial charge is 0.573 e. The van der Waals surface area contributed by atoms with Gasteiger partial charge in [-0.1, -0.05) is 30.3 Å². The van der Waals surface area contributed by atoms with E-state index in [-0.39, 0.29) is 5.75 Å². The highest BCUT2D eigenvalue weighted by molar-refractivity contribution is 5.79. The van der Waals surface area contributed by atoms with E-state index in [1.165, 1.54) is 18.2 Å². The third-order valence-corrected chi connectivity index (χ3v) is 4.21. The van der Waals surface area contributed by atoms with Gasteiger partial charge in [-0.2, -0.15) is 0 Å². The van der Waals surface area contributed by atoms with Crippen LogP contribution in [0.5, 0.6) is 5.75 Å². The average molecular weight is 364 g/mol. The molecule has 7 heteroatoms. The third-order valence-electron chi connectivity index (χ3n) is 4.21. The van der Waals surface area contributed by atoms with Crippen LogP contribution in [0.25, 0.3) is 10.9 Å². The SMILES string of the molecule is CNC(c1cccc(OC(F)(F)F)c1)C(O)Cn1ccc2ccccc21. The molecular weight excluding hydrogens is 345 g/mol. The first kappa shape index (κ1) is 18.3. The molecule has 2 N–H and O–H groups in total. The maximum atomic E-state index is 12.4. The van der Waals surface area contributed by atoms with E-state index in [2.05, 4.69) is 10.1 Å². The zero-order valence-corrected chi connectivity index (χ0v) is 14.1. The lowest BCUT2D eigenvalue weighted by Gasteiger charge is -2.24. The Labute approximate surface area is 148 Å². The van der Waals surface area contributed by atoms with Crippen LogP contribution in [-0.2, 0) is 6.54 Å². The summed E-state index contributed by atoms with van der Waals surface area (Å²) in [5.41, 5.74) is 1.49. The van der Waals surface area contributed by atoms with Crippen LogP contribution in [0, 0.1) is 0 Å². The molecule has 0 radical (unpaired) electrons. The number of hydrogen-bond donors (Lipinski definition) is 2. The van der Waals surface area contributed by atoms with Gasteiger partial charge in [0.15, 0.2) is 0 Å². The van der Waals surface area contributed by atoms with Crippen LogP contribution in [0.2, 0.25) is 0 Å². The van der Waals surface area contributed by atoms with E-state index in [4.69, 9.17) is 0 Å². The quantitative estimate of drug-likeness (QED) is 0.698. The standard InChI is InChI=1S/C19H19F3N2O2/c1-23-18(14-6-4-7-15(11-14)26-19(20,21)22)17(25)12-24-10-9-13-5-2-3-8-16(13)24/h2-11,17-18,23,25H,12H2,1H3. The predicted octanol–water partition coefficient (Wildman–Crippen LogP) is 3.86. The highest BCUT2D eigenvalue weighted by Gasteiger charge is 2.31. The Morgan fingerprint density at radius 1 is 1.12 bits per heavy atom. The second kappa shape index (κ2) is 7.39. The number of aromatic nitrogens is 1. The van der Waals surface area contributed by atoms with Gasteiger partial charge in [0.25, 0.3) is 0 Å². The van der Waals surface area contributed by atoms with E-state index in [9.17, 15) is 18.3 Å². The molecule has 2 atom stereocenters. The van der Waals surface area contributed by atoms with Gasteiger partial charge in [-0.25, -0.2) is 0 Å². The minimum Gasteiger partial charge on any atom is -0.406 e. The number of hydrogen-bond acceptors (Lipinski definition) is 3. The first-order valence-corrected chi connectivity index (χ1v) is 8.12. The molecule has 26 heavy (non-hydrogen) atoms. The van der Waals surface area contributed by atoms with Gasteiger partial charge < -0.3 is 19.7 Å². The van der Waals surface area contributed by atoms with Gasteiger partial charge in [0, 0.05) is 11.7 Å². The lowest BCUT2D eigenvalue weighted by atomic mass is 10.0. The summed E-state index contributed by atoms with van der Waals surface area (Å²) in [4.78, 5) is 0. The molecule has 0 spiro atoms. The number of ether oxygens (including phenoxy) is 1. The number of aliphatic hydroxyl groups excluding tert-OH is 1. The van der Waals surface area contributed by atoms with Crippen molar-refractivity contribution in [3.63, 3.8) is 0 Å². The summed E-state index contributed by atoms with van der Waals surface area (Å²) in [7, 11) is 1.65. The number of nitrogens with one attached hydrogen (secondary N) is 1. The topological polar surface area (TPSA) is 46.4 Å². The van der Waals surface area contributed by atoms with E-state index < -0.39 is 18.5 Å². The Kier molecular flexibility index (Phi) is 5.20. The summed E-state index contributed by atoms with van der Waals surface area (Å²) >= 11 is 0. The summed E-state index contributed by atoms with van der Waals surface area (Å²) in [6.45, 7) is 0.295. The number of likely N-dealkylation sites (N-methyl/N-ethyl adjacent to an activating group) is 1. The van der Waals surface area contributed by atoms with Crippen molar-refractivity contribution >= 4 is 10.9 Å². The van der Waals surface area contributed by atoms with Gasteiger partial charge in [-0.15, -0.1) is 13.2 Å². The van der Waals surface area contributed by atoms with Gasteiger partial charge in [0.1, 0.15) is 5.75 Å². The fourth-order valence-electron chi connectivity index (χ4n) is 3.09. The second-order valence-electron chi connectivity index (χ2n) is 5.98. The van der Waals surface area contributed by atoms with Gasteiger partial charge in [0.2, 0.25) is 0 Å². The maximum absolute atomic E-state index is 12.4. The molecular formula is C19H19F3N2O2. The van der Waals surface area contributed by atoms with E-state index in [0.717, 1.165) is 10.9 Å². The lowest BCUT2D eigenvalue weighted by Crippen LogP contribution is -2.32. The highest BCUT2D eigenvalue weighted by atomic mass is 19.4. The molecule has 0 aliphatic rings. The van der Waals surface area contributed by atoms with Gasteiger partial charge in [-0.05, 0) is 42.3 Å². The Bertz CT molecular complexity index is 876. The molecule has 0 aliphatic carbocycles.